The molecule has 0 aliphatic rings. The van der Waals surface area contributed by atoms with Gasteiger partial charge in [-0.2, -0.15) is 0 Å². The van der Waals surface area contributed by atoms with E-state index in [1.54, 1.807) is 11.8 Å². The molecule has 4 heteroatoms. The van der Waals surface area contributed by atoms with Gasteiger partial charge in [0.1, 0.15) is 12.7 Å². The molecule has 0 saturated heterocycles. The third-order valence-electron chi connectivity index (χ3n) is 2.05. The largest absolute Gasteiger partial charge is 0.225 e. The summed E-state index contributed by atoms with van der Waals surface area (Å²) in [6, 6.07) is 8.34. The number of hydrogen-bond donors (Lipinski definition) is 0. The van der Waals surface area contributed by atoms with E-state index in [1.807, 2.05) is 12.2 Å². The van der Waals surface area contributed by atoms with Gasteiger partial charge in [0.25, 0.3) is 0 Å². The van der Waals surface area contributed by atoms with Gasteiger partial charge >= 0.3 is 0 Å². The van der Waals surface area contributed by atoms with Crippen LogP contribution in [0.3, 0.4) is 0 Å². The molecule has 0 aliphatic heterocycles. The molecule has 3 nitrogen and oxygen atoms in total. The van der Waals surface area contributed by atoms with Gasteiger partial charge in [0.2, 0.25) is 0 Å². The van der Waals surface area contributed by atoms with Gasteiger partial charge < -0.3 is 0 Å². The summed E-state index contributed by atoms with van der Waals surface area (Å²) < 4.78 is 0. The van der Waals surface area contributed by atoms with Gasteiger partial charge in [-0.1, -0.05) is 18.2 Å². The van der Waals surface area contributed by atoms with Crippen molar-refractivity contribution >= 4 is 23.9 Å². The number of thioether (sulfide) groups is 1. The van der Waals surface area contributed by atoms with Crippen molar-refractivity contribution in [2.24, 2.45) is 0 Å². The average molecular weight is 229 g/mol. The van der Waals surface area contributed by atoms with Crippen molar-refractivity contribution in [1.82, 2.24) is 15.0 Å². The van der Waals surface area contributed by atoms with Crippen molar-refractivity contribution < 1.29 is 0 Å². The Hall–Kier alpha value is -1.68. The lowest BCUT2D eigenvalue weighted by molar-refractivity contribution is 1.03. The summed E-state index contributed by atoms with van der Waals surface area (Å²) in [6.07, 6.45) is 8.90. The maximum Gasteiger partial charge on any atom is 0.155 e. The van der Waals surface area contributed by atoms with Crippen molar-refractivity contribution in [3.8, 4) is 0 Å². The smallest absolute Gasteiger partial charge is 0.155 e. The lowest BCUT2D eigenvalue weighted by atomic mass is 10.2. The third-order valence-corrected chi connectivity index (χ3v) is 2.80. The molecular weight excluding hydrogens is 218 g/mol. The molecule has 80 valence electrons. The Balaban J connectivity index is 2.12. The highest BCUT2D eigenvalue weighted by molar-refractivity contribution is 7.98. The molecule has 16 heavy (non-hydrogen) atoms. The maximum absolute atomic E-state index is 4.01. The van der Waals surface area contributed by atoms with Crippen LogP contribution in [-0.2, 0) is 0 Å². The standard InChI is InChI=1S/C12H11N3S/c1-16-11-5-2-10(3-6-11)4-7-12-14-8-13-9-15-12/h2-9H,1H3. The highest BCUT2D eigenvalue weighted by atomic mass is 32.2. The van der Waals surface area contributed by atoms with Crippen LogP contribution in [0.2, 0.25) is 0 Å². The Morgan fingerprint density at radius 2 is 1.69 bits per heavy atom. The second-order valence-corrected chi connectivity index (χ2v) is 3.98. The zero-order valence-electron chi connectivity index (χ0n) is 8.87. The number of nitrogens with zero attached hydrogens (tertiary/aromatic N) is 3. The van der Waals surface area contributed by atoms with Gasteiger partial charge in [-0.3, -0.25) is 0 Å². The van der Waals surface area contributed by atoms with Crippen LogP contribution in [0.25, 0.3) is 12.2 Å². The molecular formula is C12H11N3S. The molecule has 0 saturated carbocycles. The van der Waals surface area contributed by atoms with E-state index >= 15 is 0 Å². The Morgan fingerprint density at radius 1 is 1.00 bits per heavy atom. The molecule has 0 unspecified atom stereocenters. The molecule has 2 rings (SSSR count). The lowest BCUT2D eigenvalue weighted by Gasteiger charge is -1.96. The summed E-state index contributed by atoms with van der Waals surface area (Å²) in [7, 11) is 0. The van der Waals surface area contributed by atoms with E-state index < -0.39 is 0 Å². The van der Waals surface area contributed by atoms with E-state index in [0.29, 0.717) is 5.82 Å². The van der Waals surface area contributed by atoms with Gasteiger partial charge in [-0.05, 0) is 30.0 Å². The van der Waals surface area contributed by atoms with E-state index in [-0.39, 0.29) is 0 Å². The fraction of sp³-hybridized carbons (Fsp3) is 0.0833. The van der Waals surface area contributed by atoms with Crippen LogP contribution in [0.15, 0.2) is 41.8 Å². The predicted octanol–water partition coefficient (Wildman–Crippen LogP) is 2.76. The molecule has 0 atom stereocenters. The topological polar surface area (TPSA) is 38.7 Å². The Bertz CT molecular complexity index is 465. The van der Waals surface area contributed by atoms with Gasteiger partial charge in [-0.15, -0.1) is 11.8 Å². The summed E-state index contributed by atoms with van der Waals surface area (Å²) in [4.78, 5) is 13.1. The molecule has 1 aromatic heterocycles. The van der Waals surface area contributed by atoms with Gasteiger partial charge in [0.05, 0.1) is 0 Å². The zero-order chi connectivity index (χ0) is 11.2. The molecule has 2 aromatic rings. The molecule has 0 amide bonds. The Morgan fingerprint density at radius 3 is 2.31 bits per heavy atom. The number of benzene rings is 1. The second kappa shape index (κ2) is 5.42. The van der Waals surface area contributed by atoms with Crippen molar-refractivity contribution in [2.75, 3.05) is 6.26 Å². The van der Waals surface area contributed by atoms with E-state index in [4.69, 9.17) is 0 Å². The Labute approximate surface area is 98.7 Å². The summed E-state index contributed by atoms with van der Waals surface area (Å²) >= 11 is 1.73. The van der Waals surface area contributed by atoms with Crippen LogP contribution in [0.4, 0.5) is 0 Å². The quantitative estimate of drug-likeness (QED) is 0.759. The summed E-state index contributed by atoms with van der Waals surface area (Å²) in [6.45, 7) is 0. The third kappa shape index (κ3) is 2.90. The maximum atomic E-state index is 4.01. The molecule has 0 N–H and O–H groups in total. The SMILES string of the molecule is CSc1ccc(C=Cc2ncncn2)cc1. The fourth-order valence-corrected chi connectivity index (χ4v) is 1.63. The van der Waals surface area contributed by atoms with Crippen LogP contribution in [-0.4, -0.2) is 21.2 Å². The van der Waals surface area contributed by atoms with Gasteiger partial charge in [0.15, 0.2) is 5.82 Å². The first-order chi connectivity index (χ1) is 7.88. The monoisotopic (exact) mass is 229 g/mol. The molecule has 0 bridgehead atoms. The first kappa shape index (κ1) is 10.8. The van der Waals surface area contributed by atoms with E-state index in [0.717, 1.165) is 5.56 Å². The molecule has 0 fully saturated rings. The summed E-state index contributed by atoms with van der Waals surface area (Å²) in [5.74, 6) is 0.670. The van der Waals surface area contributed by atoms with E-state index in [1.165, 1.54) is 17.6 Å². The van der Waals surface area contributed by atoms with Crippen LogP contribution in [0.1, 0.15) is 11.4 Å². The predicted molar refractivity (Wildman–Crippen MR) is 67.0 cm³/mol. The second-order valence-electron chi connectivity index (χ2n) is 3.10. The van der Waals surface area contributed by atoms with Gasteiger partial charge in [0, 0.05) is 4.90 Å². The molecule has 0 spiro atoms. The first-order valence-electron chi connectivity index (χ1n) is 4.82. The van der Waals surface area contributed by atoms with Crippen LogP contribution < -0.4 is 0 Å². The lowest BCUT2D eigenvalue weighted by Crippen LogP contribution is -1.86. The van der Waals surface area contributed by atoms with Crippen molar-refractivity contribution in [3.63, 3.8) is 0 Å². The minimum atomic E-state index is 0.670. The minimum Gasteiger partial charge on any atom is -0.225 e. The molecule has 1 heterocycles. The number of aromatic nitrogens is 3. The van der Waals surface area contributed by atoms with Crippen LogP contribution in [0, 0.1) is 0 Å². The molecule has 0 radical (unpaired) electrons. The summed E-state index contributed by atoms with van der Waals surface area (Å²) in [5.41, 5.74) is 1.14. The Kier molecular flexibility index (Phi) is 3.66. The van der Waals surface area contributed by atoms with Crippen molar-refractivity contribution in [2.45, 2.75) is 4.90 Å². The molecule has 1 aromatic carbocycles. The normalized spacial score (nSPS) is 10.8. The first-order valence-corrected chi connectivity index (χ1v) is 6.05. The summed E-state index contributed by atoms with van der Waals surface area (Å²) in [5, 5.41) is 0. The van der Waals surface area contributed by atoms with Gasteiger partial charge in [-0.25, -0.2) is 15.0 Å². The van der Waals surface area contributed by atoms with Crippen molar-refractivity contribution in [1.29, 1.82) is 0 Å². The highest BCUT2D eigenvalue weighted by Gasteiger charge is 1.91. The average Bonchev–Trinajstić information content (AvgIpc) is 2.38. The van der Waals surface area contributed by atoms with Crippen LogP contribution in [0.5, 0.6) is 0 Å². The van der Waals surface area contributed by atoms with Crippen LogP contribution >= 0.6 is 11.8 Å². The highest BCUT2D eigenvalue weighted by Crippen LogP contribution is 2.15. The number of rotatable bonds is 3. The van der Waals surface area contributed by atoms with E-state index in [2.05, 4.69) is 45.5 Å². The zero-order valence-corrected chi connectivity index (χ0v) is 9.69. The minimum absolute atomic E-state index is 0.670. The number of hydrogen-bond acceptors (Lipinski definition) is 4. The molecule has 0 aliphatic carbocycles. The van der Waals surface area contributed by atoms with Crippen molar-refractivity contribution in [3.05, 3.63) is 48.3 Å². The fourth-order valence-electron chi connectivity index (χ4n) is 1.22. The van der Waals surface area contributed by atoms with E-state index in [9.17, 15) is 0 Å².